The van der Waals surface area contributed by atoms with Crippen LogP contribution in [-0.2, 0) is 0 Å². The van der Waals surface area contributed by atoms with Gasteiger partial charge in [0.25, 0.3) is 0 Å². The van der Waals surface area contributed by atoms with Crippen molar-refractivity contribution >= 4 is 6.08 Å². The topological polar surface area (TPSA) is 49.7 Å². The number of aromatic hydroxyl groups is 1. The van der Waals surface area contributed by atoms with E-state index < -0.39 is 6.10 Å². The summed E-state index contributed by atoms with van der Waals surface area (Å²) < 4.78 is 5.03. The summed E-state index contributed by atoms with van der Waals surface area (Å²) in [6.07, 6.45) is 7.36. The molecule has 0 saturated carbocycles. The molecule has 0 bridgehead atoms. The quantitative estimate of drug-likeness (QED) is 0.730. The molecule has 0 aliphatic heterocycles. The van der Waals surface area contributed by atoms with Gasteiger partial charge in [0, 0.05) is 0 Å². The van der Waals surface area contributed by atoms with E-state index in [1.807, 2.05) is 6.08 Å². The fourth-order valence-electron chi connectivity index (χ4n) is 1.72. The molecule has 1 atom stereocenters. The Kier molecular flexibility index (Phi) is 6.29. The van der Waals surface area contributed by atoms with Gasteiger partial charge in [0.2, 0.25) is 0 Å². The summed E-state index contributed by atoms with van der Waals surface area (Å²) in [6, 6.07) is 5.11. The number of unbranched alkanes of at least 4 members (excludes halogenated alkanes) is 2. The van der Waals surface area contributed by atoms with E-state index in [-0.39, 0.29) is 5.75 Å². The molecular weight excluding hydrogens is 228 g/mol. The van der Waals surface area contributed by atoms with E-state index >= 15 is 0 Å². The van der Waals surface area contributed by atoms with Crippen molar-refractivity contribution in [3.8, 4) is 11.5 Å². The van der Waals surface area contributed by atoms with E-state index in [9.17, 15) is 10.2 Å². The zero-order valence-electron chi connectivity index (χ0n) is 11.1. The lowest BCUT2D eigenvalue weighted by atomic mass is 10.1. The Morgan fingerprint density at radius 1 is 1.33 bits per heavy atom. The summed E-state index contributed by atoms with van der Waals surface area (Å²) in [5, 5.41) is 19.2. The molecule has 0 amide bonds. The Morgan fingerprint density at radius 2 is 2.11 bits per heavy atom. The van der Waals surface area contributed by atoms with Gasteiger partial charge in [0.15, 0.2) is 11.5 Å². The van der Waals surface area contributed by atoms with Gasteiger partial charge in [-0.15, -0.1) is 0 Å². The molecule has 0 spiro atoms. The Morgan fingerprint density at radius 3 is 2.78 bits per heavy atom. The van der Waals surface area contributed by atoms with Gasteiger partial charge in [0.1, 0.15) is 0 Å². The number of phenols is 1. The maximum atomic E-state index is 9.75. The lowest BCUT2D eigenvalue weighted by Gasteiger charge is -2.06. The second kappa shape index (κ2) is 7.77. The lowest BCUT2D eigenvalue weighted by Crippen LogP contribution is -2.01. The van der Waals surface area contributed by atoms with Crippen molar-refractivity contribution in [2.75, 3.05) is 7.11 Å². The zero-order chi connectivity index (χ0) is 13.4. The third-order valence-corrected chi connectivity index (χ3v) is 2.82. The molecule has 2 N–H and O–H groups in total. The molecule has 0 saturated heterocycles. The Balaban J connectivity index is 2.55. The van der Waals surface area contributed by atoms with Crippen molar-refractivity contribution in [3.63, 3.8) is 0 Å². The summed E-state index contributed by atoms with van der Waals surface area (Å²) in [5.41, 5.74) is 0.902. The standard InChI is InChI=1S/C15H22O3/c1-3-4-5-6-13(16)9-7-12-8-10-14(17)15(11-12)18-2/h7-11,13,16-17H,3-6H2,1-2H3/b9-7-. The number of benzene rings is 1. The molecule has 1 unspecified atom stereocenters. The Labute approximate surface area is 109 Å². The highest BCUT2D eigenvalue weighted by molar-refractivity contribution is 5.55. The number of phenolic OH excluding ortho intramolecular Hbond substituents is 1. The maximum absolute atomic E-state index is 9.75. The van der Waals surface area contributed by atoms with E-state index in [0.717, 1.165) is 31.2 Å². The summed E-state index contributed by atoms with van der Waals surface area (Å²) in [6.45, 7) is 2.14. The van der Waals surface area contributed by atoms with Crippen LogP contribution in [-0.4, -0.2) is 23.4 Å². The minimum absolute atomic E-state index is 0.123. The first kappa shape index (κ1) is 14.6. The van der Waals surface area contributed by atoms with Crippen LogP contribution < -0.4 is 4.74 Å². The Bertz CT molecular complexity index is 385. The first-order valence-electron chi connectivity index (χ1n) is 6.40. The van der Waals surface area contributed by atoms with Gasteiger partial charge in [-0.05, 0) is 24.1 Å². The number of ether oxygens (including phenoxy) is 1. The molecule has 100 valence electrons. The molecule has 1 aromatic rings. The first-order chi connectivity index (χ1) is 8.67. The van der Waals surface area contributed by atoms with Gasteiger partial charge < -0.3 is 14.9 Å². The second-order valence-corrected chi connectivity index (χ2v) is 4.35. The minimum atomic E-state index is -0.406. The van der Waals surface area contributed by atoms with Crippen LogP contribution in [0.2, 0.25) is 0 Å². The molecule has 0 aliphatic carbocycles. The smallest absolute Gasteiger partial charge is 0.161 e. The molecule has 0 radical (unpaired) electrons. The van der Waals surface area contributed by atoms with Crippen molar-refractivity contribution in [1.82, 2.24) is 0 Å². The van der Waals surface area contributed by atoms with Crippen molar-refractivity contribution in [2.45, 2.75) is 38.7 Å². The normalized spacial score (nSPS) is 12.8. The molecule has 1 aromatic carbocycles. The Hall–Kier alpha value is -1.48. The summed E-state index contributed by atoms with van der Waals surface area (Å²) in [7, 11) is 1.52. The van der Waals surface area contributed by atoms with E-state index in [1.54, 1.807) is 24.3 Å². The average molecular weight is 250 g/mol. The molecular formula is C15H22O3. The lowest BCUT2D eigenvalue weighted by molar-refractivity contribution is 0.209. The van der Waals surface area contributed by atoms with Crippen LogP contribution in [0.15, 0.2) is 24.3 Å². The van der Waals surface area contributed by atoms with Crippen LogP contribution in [0.5, 0.6) is 11.5 Å². The van der Waals surface area contributed by atoms with Crippen LogP contribution in [0.4, 0.5) is 0 Å². The van der Waals surface area contributed by atoms with Crippen LogP contribution in [0.1, 0.15) is 38.2 Å². The number of rotatable bonds is 7. The number of methoxy groups -OCH3 is 1. The predicted molar refractivity (Wildman–Crippen MR) is 73.8 cm³/mol. The fraction of sp³-hybridized carbons (Fsp3) is 0.467. The minimum Gasteiger partial charge on any atom is -0.504 e. The number of hydrogen-bond donors (Lipinski definition) is 2. The van der Waals surface area contributed by atoms with Crippen LogP contribution in [0.25, 0.3) is 6.08 Å². The van der Waals surface area contributed by atoms with Crippen molar-refractivity contribution in [2.24, 2.45) is 0 Å². The van der Waals surface area contributed by atoms with Gasteiger partial charge in [-0.1, -0.05) is 44.4 Å². The largest absolute Gasteiger partial charge is 0.504 e. The molecule has 1 rings (SSSR count). The summed E-state index contributed by atoms with van der Waals surface area (Å²) >= 11 is 0. The highest BCUT2D eigenvalue weighted by atomic mass is 16.5. The van der Waals surface area contributed by atoms with Gasteiger partial charge in [-0.25, -0.2) is 0 Å². The monoisotopic (exact) mass is 250 g/mol. The van der Waals surface area contributed by atoms with Gasteiger partial charge in [-0.2, -0.15) is 0 Å². The molecule has 0 aromatic heterocycles. The summed E-state index contributed by atoms with van der Waals surface area (Å²) in [4.78, 5) is 0. The van der Waals surface area contributed by atoms with E-state index in [4.69, 9.17) is 4.74 Å². The van der Waals surface area contributed by atoms with Crippen LogP contribution in [0, 0.1) is 0 Å². The zero-order valence-corrected chi connectivity index (χ0v) is 11.1. The van der Waals surface area contributed by atoms with E-state index in [0.29, 0.717) is 5.75 Å². The summed E-state index contributed by atoms with van der Waals surface area (Å²) in [5.74, 6) is 0.566. The molecule has 0 fully saturated rings. The van der Waals surface area contributed by atoms with Crippen LogP contribution in [0.3, 0.4) is 0 Å². The highest BCUT2D eigenvalue weighted by Crippen LogP contribution is 2.26. The molecule has 3 heteroatoms. The SMILES string of the molecule is CCCCCC(O)/C=C\c1ccc(O)c(OC)c1. The van der Waals surface area contributed by atoms with Gasteiger partial charge >= 0.3 is 0 Å². The van der Waals surface area contributed by atoms with Crippen molar-refractivity contribution in [1.29, 1.82) is 0 Å². The highest BCUT2D eigenvalue weighted by Gasteiger charge is 2.02. The third-order valence-electron chi connectivity index (χ3n) is 2.82. The molecule has 0 heterocycles. The number of hydrogen-bond acceptors (Lipinski definition) is 3. The second-order valence-electron chi connectivity index (χ2n) is 4.35. The van der Waals surface area contributed by atoms with Gasteiger partial charge in [0.05, 0.1) is 13.2 Å². The average Bonchev–Trinajstić information content (AvgIpc) is 2.38. The number of aliphatic hydroxyl groups excluding tert-OH is 1. The van der Waals surface area contributed by atoms with E-state index in [2.05, 4.69) is 6.92 Å². The van der Waals surface area contributed by atoms with Crippen molar-refractivity contribution in [3.05, 3.63) is 29.8 Å². The van der Waals surface area contributed by atoms with Crippen molar-refractivity contribution < 1.29 is 14.9 Å². The third kappa shape index (κ3) is 4.80. The fourth-order valence-corrected chi connectivity index (χ4v) is 1.72. The predicted octanol–water partition coefficient (Wildman–Crippen LogP) is 3.36. The van der Waals surface area contributed by atoms with Crippen LogP contribution >= 0.6 is 0 Å². The van der Waals surface area contributed by atoms with E-state index in [1.165, 1.54) is 7.11 Å². The molecule has 0 aliphatic rings. The first-order valence-corrected chi connectivity index (χ1v) is 6.40. The molecule has 18 heavy (non-hydrogen) atoms. The van der Waals surface area contributed by atoms with Gasteiger partial charge in [-0.3, -0.25) is 0 Å². The maximum Gasteiger partial charge on any atom is 0.161 e. The number of aliphatic hydroxyl groups is 1. The molecule has 3 nitrogen and oxygen atoms in total.